The molecule has 2 atom stereocenters. The Labute approximate surface area is 151 Å². The first-order chi connectivity index (χ1) is 11.5. The fourth-order valence-electron chi connectivity index (χ4n) is 2.93. The minimum atomic E-state index is -0.676. The normalized spacial score (nSPS) is 21.9. The summed E-state index contributed by atoms with van der Waals surface area (Å²) in [7, 11) is 0. The van der Waals surface area contributed by atoms with Crippen LogP contribution in [0.15, 0.2) is 0 Å². The van der Waals surface area contributed by atoms with Gasteiger partial charge in [-0.15, -0.1) is 0 Å². The maximum absolute atomic E-state index is 13.0. The molecule has 0 saturated carbocycles. The van der Waals surface area contributed by atoms with Gasteiger partial charge in [0.1, 0.15) is 24.0 Å². The highest BCUT2D eigenvalue weighted by Gasteiger charge is 2.44. The minimum absolute atomic E-state index is 0.0849. The van der Waals surface area contributed by atoms with Crippen LogP contribution in [0.3, 0.4) is 0 Å². The van der Waals surface area contributed by atoms with Crippen LogP contribution in [0.2, 0.25) is 0 Å². The fourth-order valence-corrected chi connectivity index (χ4v) is 2.93. The van der Waals surface area contributed by atoms with Crippen LogP contribution in [-0.2, 0) is 14.3 Å². The van der Waals surface area contributed by atoms with Crippen molar-refractivity contribution in [1.29, 1.82) is 0 Å². The Kier molecular flexibility index (Phi) is 7.44. The van der Waals surface area contributed by atoms with Crippen molar-refractivity contribution in [3.8, 4) is 0 Å². The zero-order chi connectivity index (χ0) is 19.4. The molecule has 1 rings (SSSR count). The summed E-state index contributed by atoms with van der Waals surface area (Å²) in [4.78, 5) is 40.4. The SMILES string of the molecule is CC(C)CCN1C[C@H](C=O)N(C(=O)OC(C)(C)C)[C@@H](CC(C)C)C1=O. The molecule has 0 aliphatic carbocycles. The molecule has 6 nitrogen and oxygen atoms in total. The third-order valence-corrected chi connectivity index (χ3v) is 4.13. The average molecular weight is 354 g/mol. The fraction of sp³-hybridized carbons (Fsp3) is 0.842. The molecule has 1 saturated heterocycles. The molecule has 2 amide bonds. The number of hydrogen-bond donors (Lipinski definition) is 0. The van der Waals surface area contributed by atoms with Crippen LogP contribution in [0.25, 0.3) is 0 Å². The Hall–Kier alpha value is -1.59. The molecular weight excluding hydrogens is 320 g/mol. The van der Waals surface area contributed by atoms with Gasteiger partial charge in [-0.05, 0) is 45.4 Å². The summed E-state index contributed by atoms with van der Waals surface area (Å²) in [5.41, 5.74) is -0.676. The number of hydrogen-bond acceptors (Lipinski definition) is 4. The highest BCUT2D eigenvalue weighted by atomic mass is 16.6. The highest BCUT2D eigenvalue weighted by Crippen LogP contribution is 2.25. The van der Waals surface area contributed by atoms with Gasteiger partial charge in [-0.2, -0.15) is 0 Å². The Morgan fingerprint density at radius 2 is 1.84 bits per heavy atom. The molecule has 0 radical (unpaired) electrons. The highest BCUT2D eigenvalue weighted by molar-refractivity contribution is 5.89. The maximum atomic E-state index is 13.0. The van der Waals surface area contributed by atoms with Gasteiger partial charge in [0.2, 0.25) is 5.91 Å². The van der Waals surface area contributed by atoms with Gasteiger partial charge >= 0.3 is 6.09 Å². The topological polar surface area (TPSA) is 66.9 Å². The minimum Gasteiger partial charge on any atom is -0.444 e. The van der Waals surface area contributed by atoms with Crippen molar-refractivity contribution in [3.05, 3.63) is 0 Å². The molecule has 1 fully saturated rings. The number of ether oxygens (including phenoxy) is 1. The van der Waals surface area contributed by atoms with Crippen LogP contribution in [-0.4, -0.2) is 58.9 Å². The predicted molar refractivity (Wildman–Crippen MR) is 97.2 cm³/mol. The number of carbonyl (C=O) groups excluding carboxylic acids is 3. The molecule has 0 aromatic rings. The van der Waals surface area contributed by atoms with Gasteiger partial charge in [-0.1, -0.05) is 27.7 Å². The van der Waals surface area contributed by atoms with E-state index in [9.17, 15) is 14.4 Å². The van der Waals surface area contributed by atoms with E-state index in [0.717, 1.165) is 12.7 Å². The van der Waals surface area contributed by atoms with Gasteiger partial charge in [-0.3, -0.25) is 9.69 Å². The van der Waals surface area contributed by atoms with E-state index in [1.54, 1.807) is 25.7 Å². The number of rotatable bonds is 6. The van der Waals surface area contributed by atoms with Crippen LogP contribution < -0.4 is 0 Å². The van der Waals surface area contributed by atoms with E-state index in [2.05, 4.69) is 13.8 Å². The first kappa shape index (κ1) is 21.5. The van der Waals surface area contributed by atoms with Crippen molar-refractivity contribution < 1.29 is 19.1 Å². The summed E-state index contributed by atoms with van der Waals surface area (Å²) in [5.74, 6) is 0.601. The largest absolute Gasteiger partial charge is 0.444 e. The van der Waals surface area contributed by atoms with Crippen molar-refractivity contribution in [2.75, 3.05) is 13.1 Å². The van der Waals surface area contributed by atoms with E-state index in [0.29, 0.717) is 18.9 Å². The lowest BCUT2D eigenvalue weighted by molar-refractivity contribution is -0.147. The zero-order valence-corrected chi connectivity index (χ0v) is 16.7. The van der Waals surface area contributed by atoms with E-state index >= 15 is 0 Å². The van der Waals surface area contributed by atoms with E-state index in [1.807, 2.05) is 13.8 Å². The Bertz CT molecular complexity index is 482. The third-order valence-electron chi connectivity index (χ3n) is 4.13. The van der Waals surface area contributed by atoms with Crippen LogP contribution >= 0.6 is 0 Å². The molecule has 25 heavy (non-hydrogen) atoms. The molecule has 0 N–H and O–H groups in total. The second-order valence-corrected chi connectivity index (χ2v) is 8.70. The lowest BCUT2D eigenvalue weighted by atomic mass is 9.96. The van der Waals surface area contributed by atoms with Crippen LogP contribution in [0.5, 0.6) is 0 Å². The molecule has 0 spiro atoms. The van der Waals surface area contributed by atoms with Crippen molar-refractivity contribution in [1.82, 2.24) is 9.80 Å². The summed E-state index contributed by atoms with van der Waals surface area (Å²) >= 11 is 0. The van der Waals surface area contributed by atoms with Gasteiger partial charge in [0.15, 0.2) is 0 Å². The summed E-state index contributed by atoms with van der Waals surface area (Å²) in [6.45, 7) is 14.4. The van der Waals surface area contributed by atoms with Crippen LogP contribution in [0.1, 0.15) is 61.3 Å². The van der Waals surface area contributed by atoms with Gasteiger partial charge < -0.3 is 14.4 Å². The van der Waals surface area contributed by atoms with Crippen LogP contribution in [0.4, 0.5) is 4.79 Å². The quantitative estimate of drug-likeness (QED) is 0.688. The average Bonchev–Trinajstić information content (AvgIpc) is 2.45. The van der Waals surface area contributed by atoms with Gasteiger partial charge in [0.05, 0.1) is 0 Å². The van der Waals surface area contributed by atoms with E-state index in [4.69, 9.17) is 4.74 Å². The lowest BCUT2D eigenvalue weighted by Crippen LogP contribution is -2.64. The monoisotopic (exact) mass is 354 g/mol. The van der Waals surface area contributed by atoms with Crippen molar-refractivity contribution in [3.63, 3.8) is 0 Å². The lowest BCUT2D eigenvalue weighted by Gasteiger charge is -2.44. The molecule has 0 unspecified atom stereocenters. The standard InChI is InChI=1S/C19H34N2O4/c1-13(2)8-9-20-11-15(12-22)21(18(24)25-19(5,6)7)16(17(20)23)10-14(3)4/h12-16H,8-11H2,1-7H3/t15-,16+/m1/s1. The Morgan fingerprint density at radius 1 is 1.24 bits per heavy atom. The van der Waals surface area contributed by atoms with Crippen molar-refractivity contribution in [2.45, 2.75) is 79.0 Å². The first-order valence-electron chi connectivity index (χ1n) is 9.21. The molecule has 1 aliphatic rings. The molecule has 1 heterocycles. The Morgan fingerprint density at radius 3 is 2.28 bits per heavy atom. The molecule has 0 aromatic carbocycles. The third kappa shape index (κ3) is 6.33. The smallest absolute Gasteiger partial charge is 0.411 e. The number of amides is 2. The second kappa shape index (κ2) is 8.68. The van der Waals surface area contributed by atoms with Gasteiger partial charge in [-0.25, -0.2) is 4.79 Å². The van der Waals surface area contributed by atoms with E-state index in [-0.39, 0.29) is 18.4 Å². The predicted octanol–water partition coefficient (Wildman–Crippen LogP) is 3.09. The first-order valence-corrected chi connectivity index (χ1v) is 9.21. The summed E-state index contributed by atoms with van der Waals surface area (Å²) < 4.78 is 5.46. The molecule has 0 bridgehead atoms. The summed E-state index contributed by atoms with van der Waals surface area (Å²) in [5, 5.41) is 0. The Balaban J connectivity index is 3.09. The number of nitrogens with zero attached hydrogens (tertiary/aromatic N) is 2. The zero-order valence-electron chi connectivity index (χ0n) is 16.7. The molecule has 1 aliphatic heterocycles. The maximum Gasteiger partial charge on any atom is 0.411 e. The summed E-state index contributed by atoms with van der Waals surface area (Å²) in [6, 6.07) is -1.31. The second-order valence-electron chi connectivity index (χ2n) is 8.70. The van der Waals surface area contributed by atoms with Gasteiger partial charge in [0, 0.05) is 13.1 Å². The molecular formula is C19H34N2O4. The van der Waals surface area contributed by atoms with Gasteiger partial charge in [0.25, 0.3) is 0 Å². The van der Waals surface area contributed by atoms with Crippen molar-refractivity contribution in [2.24, 2.45) is 11.8 Å². The summed E-state index contributed by atoms with van der Waals surface area (Å²) in [6.07, 6.45) is 1.55. The molecule has 6 heteroatoms. The van der Waals surface area contributed by atoms with Crippen molar-refractivity contribution >= 4 is 18.3 Å². The number of piperazine rings is 1. The van der Waals surface area contributed by atoms with E-state index < -0.39 is 23.8 Å². The molecule has 144 valence electrons. The van der Waals surface area contributed by atoms with Crippen LogP contribution in [0, 0.1) is 11.8 Å². The molecule has 0 aromatic heterocycles. The number of carbonyl (C=O) groups is 3. The van der Waals surface area contributed by atoms with E-state index in [1.165, 1.54) is 4.90 Å². The number of aldehydes is 1.